The number of benzene rings is 1. The minimum Gasteiger partial charge on any atom is -0.426 e. The maximum atomic E-state index is 12.1. The molecule has 0 saturated carbocycles. The van der Waals surface area contributed by atoms with Crippen molar-refractivity contribution >= 4 is 17.8 Å². The maximum absolute atomic E-state index is 12.1. The van der Waals surface area contributed by atoms with E-state index in [1.54, 1.807) is 23.1 Å². The van der Waals surface area contributed by atoms with Gasteiger partial charge in [-0.25, -0.2) is 0 Å². The number of hydrogen-bond acceptors (Lipinski definition) is 4. The number of carbonyl (C=O) groups excluding carboxylic acids is 3. The van der Waals surface area contributed by atoms with Gasteiger partial charge >= 0.3 is 5.97 Å². The van der Waals surface area contributed by atoms with E-state index in [2.05, 4.69) is 0 Å². The van der Waals surface area contributed by atoms with Gasteiger partial charge in [-0.3, -0.25) is 14.4 Å². The van der Waals surface area contributed by atoms with E-state index in [1.807, 2.05) is 13.8 Å². The van der Waals surface area contributed by atoms with E-state index >= 15 is 0 Å². The van der Waals surface area contributed by atoms with E-state index in [9.17, 15) is 14.4 Å². The predicted molar refractivity (Wildman–Crippen MR) is 75.6 cm³/mol. The Morgan fingerprint density at radius 3 is 2.67 bits per heavy atom. The van der Waals surface area contributed by atoms with Gasteiger partial charge in [0.1, 0.15) is 5.75 Å². The zero-order chi connectivity index (χ0) is 15.6. The third-order valence-corrected chi connectivity index (χ3v) is 3.45. The van der Waals surface area contributed by atoms with E-state index in [1.165, 1.54) is 6.07 Å². The summed E-state index contributed by atoms with van der Waals surface area (Å²) in [5.74, 6) is -1.32. The number of amides is 2. The van der Waals surface area contributed by atoms with Crippen LogP contribution in [0.15, 0.2) is 24.3 Å². The molecular formula is C15H18N2O4. The van der Waals surface area contributed by atoms with Crippen LogP contribution < -0.4 is 10.5 Å². The Bertz CT molecular complexity index is 583. The van der Waals surface area contributed by atoms with E-state index in [-0.39, 0.29) is 29.7 Å². The summed E-state index contributed by atoms with van der Waals surface area (Å²) in [7, 11) is 0. The molecule has 1 heterocycles. The number of hydrogen-bond donors (Lipinski definition) is 1. The molecule has 6 nitrogen and oxygen atoms in total. The molecule has 1 fully saturated rings. The van der Waals surface area contributed by atoms with Crippen LogP contribution in [0.3, 0.4) is 0 Å². The number of esters is 1. The molecule has 21 heavy (non-hydrogen) atoms. The highest BCUT2D eigenvalue weighted by molar-refractivity contribution is 5.93. The van der Waals surface area contributed by atoms with Gasteiger partial charge in [0.2, 0.25) is 11.8 Å². The zero-order valence-corrected chi connectivity index (χ0v) is 12.0. The number of carbonyl (C=O) groups is 3. The first-order chi connectivity index (χ1) is 9.88. The minimum absolute atomic E-state index is 0.0437. The fraction of sp³-hybridized carbons (Fsp3) is 0.400. The Hall–Kier alpha value is -2.37. The van der Waals surface area contributed by atoms with Gasteiger partial charge < -0.3 is 15.4 Å². The minimum atomic E-state index is -0.588. The second kappa shape index (κ2) is 5.95. The topological polar surface area (TPSA) is 89.7 Å². The predicted octanol–water partition coefficient (Wildman–Crippen LogP) is 0.948. The van der Waals surface area contributed by atoms with Gasteiger partial charge in [0.15, 0.2) is 0 Å². The van der Waals surface area contributed by atoms with Crippen LogP contribution in [0.25, 0.3) is 0 Å². The summed E-state index contributed by atoms with van der Waals surface area (Å²) in [6.07, 6.45) is 0.159. The second-order valence-corrected chi connectivity index (χ2v) is 5.35. The third kappa shape index (κ3) is 3.39. The van der Waals surface area contributed by atoms with Crippen LogP contribution in [0.2, 0.25) is 0 Å². The van der Waals surface area contributed by atoms with Crippen LogP contribution in [0.5, 0.6) is 5.75 Å². The first-order valence-corrected chi connectivity index (χ1v) is 6.79. The molecule has 0 bridgehead atoms. The van der Waals surface area contributed by atoms with Crippen LogP contribution in [-0.2, 0) is 9.59 Å². The molecule has 0 unspecified atom stereocenters. The number of likely N-dealkylation sites (tertiary alicyclic amines) is 1. The van der Waals surface area contributed by atoms with Crippen LogP contribution in [0.1, 0.15) is 30.6 Å². The Morgan fingerprint density at radius 1 is 1.38 bits per heavy atom. The summed E-state index contributed by atoms with van der Waals surface area (Å²) < 4.78 is 5.24. The van der Waals surface area contributed by atoms with Crippen molar-refractivity contribution in [3.63, 3.8) is 0 Å². The largest absolute Gasteiger partial charge is 0.426 e. The van der Waals surface area contributed by atoms with Gasteiger partial charge in [-0.05, 0) is 32.0 Å². The molecular weight excluding hydrogens is 272 g/mol. The van der Waals surface area contributed by atoms with Crippen molar-refractivity contribution in [3.8, 4) is 5.75 Å². The molecule has 0 aromatic heterocycles. The molecule has 6 heteroatoms. The lowest BCUT2D eigenvalue weighted by Crippen LogP contribution is -2.33. The molecule has 2 N–H and O–H groups in total. The highest BCUT2D eigenvalue weighted by Gasteiger charge is 2.36. The fourth-order valence-electron chi connectivity index (χ4n) is 2.30. The summed E-state index contributed by atoms with van der Waals surface area (Å²) in [6.45, 7) is 4.18. The van der Waals surface area contributed by atoms with Gasteiger partial charge in [0.05, 0.1) is 5.92 Å². The summed E-state index contributed by atoms with van der Waals surface area (Å²) in [5, 5.41) is 0. The second-order valence-electron chi connectivity index (χ2n) is 5.35. The fourth-order valence-corrected chi connectivity index (χ4v) is 2.30. The number of rotatable bonds is 4. The molecule has 2 amide bonds. The highest BCUT2D eigenvalue weighted by Crippen LogP contribution is 2.23. The van der Waals surface area contributed by atoms with Crippen molar-refractivity contribution in [2.24, 2.45) is 11.7 Å². The molecule has 1 aromatic carbocycles. The van der Waals surface area contributed by atoms with Gasteiger partial charge in [-0.15, -0.1) is 0 Å². The first kappa shape index (κ1) is 15.0. The van der Waals surface area contributed by atoms with Crippen LogP contribution in [0, 0.1) is 5.92 Å². The average molecular weight is 290 g/mol. The maximum Gasteiger partial charge on any atom is 0.316 e. The zero-order valence-electron chi connectivity index (χ0n) is 12.0. The molecule has 112 valence electrons. The smallest absolute Gasteiger partial charge is 0.316 e. The third-order valence-electron chi connectivity index (χ3n) is 3.45. The van der Waals surface area contributed by atoms with Crippen LogP contribution in [-0.4, -0.2) is 35.3 Å². The van der Waals surface area contributed by atoms with E-state index in [0.717, 1.165) is 0 Å². The molecule has 1 atom stereocenters. The monoisotopic (exact) mass is 290 g/mol. The van der Waals surface area contributed by atoms with Gasteiger partial charge in [0, 0.05) is 24.6 Å². The summed E-state index contributed by atoms with van der Waals surface area (Å²) in [5.41, 5.74) is 5.44. The van der Waals surface area contributed by atoms with Crippen molar-refractivity contribution in [3.05, 3.63) is 29.8 Å². The van der Waals surface area contributed by atoms with Crippen molar-refractivity contribution in [2.45, 2.75) is 26.3 Å². The quantitative estimate of drug-likeness (QED) is 0.660. The Kier molecular flexibility index (Phi) is 4.26. The molecule has 0 spiro atoms. The van der Waals surface area contributed by atoms with Crippen LogP contribution in [0.4, 0.5) is 0 Å². The number of ether oxygens (including phenoxy) is 1. The average Bonchev–Trinajstić information content (AvgIpc) is 2.81. The van der Waals surface area contributed by atoms with Crippen LogP contribution >= 0.6 is 0 Å². The molecule has 1 aromatic rings. The van der Waals surface area contributed by atoms with E-state index < -0.39 is 17.8 Å². The lowest BCUT2D eigenvalue weighted by Gasteiger charge is -2.20. The summed E-state index contributed by atoms with van der Waals surface area (Å²) in [6, 6.07) is 6.18. The first-order valence-electron chi connectivity index (χ1n) is 6.79. The molecule has 0 radical (unpaired) electrons. The van der Waals surface area contributed by atoms with Gasteiger partial charge in [-0.2, -0.15) is 0 Å². The normalized spacial score (nSPS) is 18.1. The lowest BCUT2D eigenvalue weighted by molar-refractivity contribution is -0.139. The van der Waals surface area contributed by atoms with E-state index in [4.69, 9.17) is 10.5 Å². The highest BCUT2D eigenvalue weighted by atomic mass is 16.5. The molecule has 1 aliphatic rings. The Balaban J connectivity index is 2.04. The lowest BCUT2D eigenvalue weighted by atomic mass is 10.1. The van der Waals surface area contributed by atoms with Crippen molar-refractivity contribution in [1.29, 1.82) is 0 Å². The standard InChI is InChI=1S/C15H18N2O4/c1-9(2)17-8-11(7-13(17)18)15(20)21-12-5-3-4-10(6-12)14(16)19/h3-6,9,11H,7-8H2,1-2H3,(H2,16,19)/t11-/m1/s1. The SMILES string of the molecule is CC(C)N1C[C@H](C(=O)Oc2cccc(C(N)=O)c2)CC1=O. The number of nitrogens with two attached hydrogens (primary N) is 1. The Morgan fingerprint density at radius 2 is 2.10 bits per heavy atom. The summed E-state index contributed by atoms with van der Waals surface area (Å²) in [4.78, 5) is 36.6. The van der Waals surface area contributed by atoms with Gasteiger partial charge in [-0.1, -0.05) is 6.07 Å². The Labute approximate surface area is 122 Å². The van der Waals surface area contributed by atoms with Gasteiger partial charge in [0.25, 0.3) is 0 Å². The number of primary amides is 1. The molecule has 1 saturated heterocycles. The number of nitrogens with zero attached hydrogens (tertiary/aromatic N) is 1. The van der Waals surface area contributed by atoms with Crippen molar-refractivity contribution < 1.29 is 19.1 Å². The van der Waals surface area contributed by atoms with E-state index in [0.29, 0.717) is 6.54 Å². The van der Waals surface area contributed by atoms with Crippen molar-refractivity contribution in [2.75, 3.05) is 6.54 Å². The molecule has 1 aliphatic heterocycles. The van der Waals surface area contributed by atoms with Crippen molar-refractivity contribution in [1.82, 2.24) is 4.90 Å². The summed E-state index contributed by atoms with van der Waals surface area (Å²) >= 11 is 0. The molecule has 0 aliphatic carbocycles. The molecule has 2 rings (SSSR count).